The van der Waals surface area contributed by atoms with Crippen LogP contribution in [-0.4, -0.2) is 29.8 Å². The second-order valence-corrected chi connectivity index (χ2v) is 6.49. The Bertz CT molecular complexity index is 664. The van der Waals surface area contributed by atoms with Crippen molar-refractivity contribution in [3.63, 3.8) is 0 Å². The Balaban J connectivity index is 2.17. The Morgan fingerprint density at radius 3 is 2.64 bits per heavy atom. The molecule has 0 bridgehead atoms. The first-order chi connectivity index (χ1) is 10.5. The predicted octanol–water partition coefficient (Wildman–Crippen LogP) is 3.50. The molecule has 1 saturated heterocycles. The Labute approximate surface area is 139 Å². The SMILES string of the molecule is CCc1cc(Cl)cc(Cl)c1C1=C(O)C2(CCOCC2)NC1=O. The average Bonchev–Trinajstić information content (AvgIpc) is 2.71. The van der Waals surface area contributed by atoms with Crippen molar-refractivity contribution in [2.45, 2.75) is 31.7 Å². The fourth-order valence-electron chi connectivity index (χ4n) is 3.19. The molecule has 2 aliphatic heterocycles. The normalized spacial score (nSPS) is 20.6. The van der Waals surface area contributed by atoms with E-state index in [1.165, 1.54) is 0 Å². The molecule has 2 heterocycles. The van der Waals surface area contributed by atoms with E-state index in [1.807, 2.05) is 6.92 Å². The number of benzene rings is 1. The minimum absolute atomic E-state index is 0.0692. The van der Waals surface area contributed by atoms with Crippen LogP contribution in [0.1, 0.15) is 30.9 Å². The second-order valence-electron chi connectivity index (χ2n) is 5.65. The van der Waals surface area contributed by atoms with Crippen LogP contribution in [0.5, 0.6) is 0 Å². The lowest BCUT2D eigenvalue weighted by Crippen LogP contribution is -2.48. The quantitative estimate of drug-likeness (QED) is 0.865. The van der Waals surface area contributed by atoms with Crippen LogP contribution in [0.15, 0.2) is 17.9 Å². The molecule has 118 valence electrons. The van der Waals surface area contributed by atoms with Gasteiger partial charge in [-0.25, -0.2) is 0 Å². The van der Waals surface area contributed by atoms with Gasteiger partial charge < -0.3 is 15.2 Å². The molecule has 0 aliphatic carbocycles. The molecule has 0 radical (unpaired) electrons. The third-order valence-electron chi connectivity index (χ3n) is 4.38. The zero-order valence-corrected chi connectivity index (χ0v) is 13.7. The number of aliphatic hydroxyl groups is 1. The molecule has 3 rings (SSSR count). The molecule has 1 aromatic rings. The predicted molar refractivity (Wildman–Crippen MR) is 86.3 cm³/mol. The molecule has 1 fully saturated rings. The molecule has 0 aromatic heterocycles. The summed E-state index contributed by atoms with van der Waals surface area (Å²) in [6.45, 7) is 2.97. The van der Waals surface area contributed by atoms with E-state index in [2.05, 4.69) is 5.32 Å². The summed E-state index contributed by atoms with van der Waals surface area (Å²) in [5.74, 6) is -0.224. The van der Waals surface area contributed by atoms with Gasteiger partial charge in [-0.3, -0.25) is 4.79 Å². The molecule has 0 atom stereocenters. The van der Waals surface area contributed by atoms with Crippen LogP contribution in [0.3, 0.4) is 0 Å². The van der Waals surface area contributed by atoms with Crippen LogP contribution >= 0.6 is 23.2 Å². The highest BCUT2D eigenvalue weighted by atomic mass is 35.5. The molecule has 4 nitrogen and oxygen atoms in total. The van der Waals surface area contributed by atoms with Gasteiger partial charge in [0.05, 0.1) is 10.6 Å². The van der Waals surface area contributed by atoms with Crippen LogP contribution in [0.2, 0.25) is 10.0 Å². The first kappa shape index (κ1) is 15.7. The van der Waals surface area contributed by atoms with E-state index < -0.39 is 5.54 Å². The van der Waals surface area contributed by atoms with Crippen molar-refractivity contribution in [1.29, 1.82) is 0 Å². The number of ether oxygens (including phenoxy) is 1. The number of rotatable bonds is 2. The van der Waals surface area contributed by atoms with Crippen molar-refractivity contribution in [2.75, 3.05) is 13.2 Å². The lowest BCUT2D eigenvalue weighted by molar-refractivity contribution is -0.117. The lowest BCUT2D eigenvalue weighted by Gasteiger charge is -2.33. The minimum Gasteiger partial charge on any atom is -0.509 e. The van der Waals surface area contributed by atoms with Crippen molar-refractivity contribution in [3.8, 4) is 0 Å². The van der Waals surface area contributed by atoms with E-state index in [0.717, 1.165) is 5.56 Å². The van der Waals surface area contributed by atoms with Crippen molar-refractivity contribution in [3.05, 3.63) is 39.1 Å². The molecule has 2 N–H and O–H groups in total. The zero-order valence-electron chi connectivity index (χ0n) is 12.2. The Morgan fingerprint density at radius 2 is 2.00 bits per heavy atom. The summed E-state index contributed by atoms with van der Waals surface area (Å²) in [5, 5.41) is 14.6. The highest BCUT2D eigenvalue weighted by molar-refractivity contribution is 6.38. The van der Waals surface area contributed by atoms with E-state index in [9.17, 15) is 9.90 Å². The molecule has 0 saturated carbocycles. The van der Waals surface area contributed by atoms with Gasteiger partial charge in [0, 0.05) is 36.6 Å². The third kappa shape index (κ3) is 2.39. The van der Waals surface area contributed by atoms with Gasteiger partial charge in [-0.05, 0) is 24.1 Å². The molecule has 1 aromatic carbocycles. The standard InChI is InChI=1S/C16H17Cl2NO3/c1-2-9-7-10(17)8-11(18)12(9)13-14(20)16(19-15(13)21)3-5-22-6-4-16/h7-8,20H,2-6H2,1H3,(H,19,21). The molecule has 6 heteroatoms. The Kier molecular flexibility index (Phi) is 4.10. The number of hydrogen-bond donors (Lipinski definition) is 2. The highest BCUT2D eigenvalue weighted by Gasteiger charge is 2.47. The zero-order chi connectivity index (χ0) is 15.9. The first-order valence-electron chi connectivity index (χ1n) is 7.31. The van der Waals surface area contributed by atoms with E-state index in [1.54, 1.807) is 12.1 Å². The summed E-state index contributed by atoms with van der Waals surface area (Å²) in [5.41, 5.74) is 0.962. The van der Waals surface area contributed by atoms with Crippen molar-refractivity contribution < 1.29 is 14.6 Å². The number of halogens is 2. The van der Waals surface area contributed by atoms with Crippen molar-refractivity contribution in [2.24, 2.45) is 0 Å². The van der Waals surface area contributed by atoms with Crippen LogP contribution in [0, 0.1) is 0 Å². The van der Waals surface area contributed by atoms with Gasteiger partial charge in [-0.1, -0.05) is 30.1 Å². The summed E-state index contributed by atoms with van der Waals surface area (Å²) < 4.78 is 5.34. The molecule has 1 amide bonds. The largest absolute Gasteiger partial charge is 0.509 e. The van der Waals surface area contributed by atoms with Gasteiger partial charge in [-0.2, -0.15) is 0 Å². The molecule has 0 unspecified atom stereocenters. The molecule has 22 heavy (non-hydrogen) atoms. The third-order valence-corrected chi connectivity index (χ3v) is 4.90. The van der Waals surface area contributed by atoms with E-state index in [4.69, 9.17) is 27.9 Å². The fraction of sp³-hybridized carbons (Fsp3) is 0.438. The molecule has 2 aliphatic rings. The average molecular weight is 342 g/mol. The lowest BCUT2D eigenvalue weighted by atomic mass is 9.87. The van der Waals surface area contributed by atoms with Gasteiger partial charge in [0.2, 0.25) is 0 Å². The smallest absolute Gasteiger partial charge is 0.256 e. The summed E-state index contributed by atoms with van der Waals surface area (Å²) >= 11 is 12.4. The number of aryl methyl sites for hydroxylation is 1. The number of hydrogen-bond acceptors (Lipinski definition) is 3. The first-order valence-corrected chi connectivity index (χ1v) is 8.06. The number of nitrogens with one attached hydrogen (secondary N) is 1. The summed E-state index contributed by atoms with van der Waals surface area (Å²) in [6.07, 6.45) is 1.78. The van der Waals surface area contributed by atoms with E-state index in [-0.39, 0.29) is 17.2 Å². The second kappa shape index (κ2) is 5.76. The van der Waals surface area contributed by atoms with Crippen molar-refractivity contribution in [1.82, 2.24) is 5.32 Å². The molecular weight excluding hydrogens is 325 g/mol. The maximum Gasteiger partial charge on any atom is 0.256 e. The van der Waals surface area contributed by atoms with Crippen LogP contribution in [0.25, 0.3) is 5.57 Å². The van der Waals surface area contributed by atoms with Gasteiger partial charge in [-0.15, -0.1) is 0 Å². The monoisotopic (exact) mass is 341 g/mol. The van der Waals surface area contributed by atoms with E-state index >= 15 is 0 Å². The number of carbonyl (C=O) groups is 1. The molecule has 1 spiro atoms. The Morgan fingerprint density at radius 1 is 1.32 bits per heavy atom. The van der Waals surface area contributed by atoms with Gasteiger partial charge in [0.15, 0.2) is 0 Å². The Hall–Kier alpha value is -1.23. The van der Waals surface area contributed by atoms with Crippen LogP contribution in [0.4, 0.5) is 0 Å². The number of amides is 1. The minimum atomic E-state index is -0.724. The summed E-state index contributed by atoms with van der Waals surface area (Å²) in [6, 6.07) is 3.38. The van der Waals surface area contributed by atoms with Gasteiger partial charge in [0.25, 0.3) is 5.91 Å². The van der Waals surface area contributed by atoms with E-state index in [0.29, 0.717) is 48.1 Å². The maximum absolute atomic E-state index is 12.5. The highest BCUT2D eigenvalue weighted by Crippen LogP contribution is 2.41. The maximum atomic E-state index is 12.5. The number of aliphatic hydroxyl groups excluding tert-OH is 1. The molecular formula is C16H17Cl2NO3. The van der Waals surface area contributed by atoms with Gasteiger partial charge >= 0.3 is 0 Å². The van der Waals surface area contributed by atoms with Gasteiger partial charge in [0.1, 0.15) is 11.3 Å². The van der Waals surface area contributed by atoms with Crippen molar-refractivity contribution >= 4 is 34.7 Å². The number of carbonyl (C=O) groups excluding carboxylic acids is 1. The van der Waals surface area contributed by atoms with Crippen LogP contribution in [-0.2, 0) is 16.0 Å². The van der Waals surface area contributed by atoms with Crippen LogP contribution < -0.4 is 5.32 Å². The summed E-state index contributed by atoms with van der Waals surface area (Å²) in [7, 11) is 0. The fourth-order valence-corrected chi connectivity index (χ4v) is 3.82. The summed E-state index contributed by atoms with van der Waals surface area (Å²) in [4.78, 5) is 12.5. The topological polar surface area (TPSA) is 58.6 Å².